The molecule has 0 aromatic carbocycles. The Kier molecular flexibility index (Phi) is 5.50. The molecule has 0 aromatic rings. The average molecular weight is 226 g/mol. The molecular formula is C13H22O3. The Bertz CT molecular complexity index is 242. The number of carbonyl (C=O) groups excluding carboxylic acids is 2. The van der Waals surface area contributed by atoms with Crippen LogP contribution in [0.4, 0.5) is 0 Å². The first kappa shape index (κ1) is 13.2. The van der Waals surface area contributed by atoms with Crippen LogP contribution in [0.2, 0.25) is 0 Å². The first-order chi connectivity index (χ1) is 7.63. The fraction of sp³-hybridized carbons (Fsp3) is 0.846. The predicted octanol–water partition coefficient (Wildman–Crippen LogP) is 2.73. The van der Waals surface area contributed by atoms with Gasteiger partial charge in [-0.3, -0.25) is 9.59 Å². The van der Waals surface area contributed by atoms with Crippen molar-refractivity contribution in [3.63, 3.8) is 0 Å². The lowest BCUT2D eigenvalue weighted by Crippen LogP contribution is -2.21. The molecule has 16 heavy (non-hydrogen) atoms. The quantitative estimate of drug-likeness (QED) is 0.677. The van der Waals surface area contributed by atoms with E-state index >= 15 is 0 Å². The smallest absolute Gasteiger partial charge is 0.305 e. The van der Waals surface area contributed by atoms with Crippen LogP contribution >= 0.6 is 0 Å². The van der Waals surface area contributed by atoms with Crippen LogP contribution in [0.3, 0.4) is 0 Å². The maximum Gasteiger partial charge on any atom is 0.305 e. The summed E-state index contributed by atoms with van der Waals surface area (Å²) >= 11 is 0. The van der Waals surface area contributed by atoms with Gasteiger partial charge in [0.15, 0.2) is 0 Å². The van der Waals surface area contributed by atoms with E-state index in [-0.39, 0.29) is 17.8 Å². The third-order valence-electron chi connectivity index (χ3n) is 3.35. The van der Waals surface area contributed by atoms with Crippen molar-refractivity contribution in [1.82, 2.24) is 0 Å². The van der Waals surface area contributed by atoms with E-state index < -0.39 is 0 Å². The predicted molar refractivity (Wildman–Crippen MR) is 62.0 cm³/mol. The van der Waals surface area contributed by atoms with Crippen molar-refractivity contribution in [3.05, 3.63) is 0 Å². The van der Waals surface area contributed by atoms with Crippen LogP contribution in [-0.2, 0) is 14.3 Å². The van der Waals surface area contributed by atoms with Crippen LogP contribution in [0, 0.1) is 11.8 Å². The summed E-state index contributed by atoms with van der Waals surface area (Å²) in [5.41, 5.74) is 0. The van der Waals surface area contributed by atoms with Crippen LogP contribution in [0.5, 0.6) is 0 Å². The molecular weight excluding hydrogens is 204 g/mol. The van der Waals surface area contributed by atoms with Crippen molar-refractivity contribution in [2.75, 3.05) is 7.11 Å². The van der Waals surface area contributed by atoms with Crippen molar-refractivity contribution < 1.29 is 14.3 Å². The Hall–Kier alpha value is -0.860. The van der Waals surface area contributed by atoms with Gasteiger partial charge in [0, 0.05) is 18.8 Å². The van der Waals surface area contributed by atoms with Gasteiger partial charge in [0.1, 0.15) is 5.78 Å². The lowest BCUT2D eigenvalue weighted by Gasteiger charge is -2.21. The van der Waals surface area contributed by atoms with E-state index in [2.05, 4.69) is 4.74 Å². The molecule has 3 heteroatoms. The number of hydrogen-bond acceptors (Lipinski definition) is 3. The maximum atomic E-state index is 11.9. The second kappa shape index (κ2) is 6.66. The second-order valence-electron chi connectivity index (χ2n) is 4.89. The van der Waals surface area contributed by atoms with Crippen molar-refractivity contribution in [2.45, 2.75) is 51.9 Å². The van der Waals surface area contributed by atoms with Gasteiger partial charge in [0.05, 0.1) is 7.11 Å². The van der Waals surface area contributed by atoms with Crippen LogP contribution in [0.25, 0.3) is 0 Å². The number of ether oxygens (including phenoxy) is 1. The average Bonchev–Trinajstić information content (AvgIpc) is 2.29. The molecule has 0 heterocycles. The minimum atomic E-state index is -0.219. The van der Waals surface area contributed by atoms with Crippen molar-refractivity contribution in [1.29, 1.82) is 0 Å². The van der Waals surface area contributed by atoms with Gasteiger partial charge >= 0.3 is 5.97 Å². The molecule has 1 aliphatic carbocycles. The highest BCUT2D eigenvalue weighted by Gasteiger charge is 2.23. The lowest BCUT2D eigenvalue weighted by atomic mass is 9.83. The molecule has 0 aromatic heterocycles. The van der Waals surface area contributed by atoms with Gasteiger partial charge < -0.3 is 4.74 Å². The van der Waals surface area contributed by atoms with Gasteiger partial charge in [-0.25, -0.2) is 0 Å². The topological polar surface area (TPSA) is 43.4 Å². The first-order valence-corrected chi connectivity index (χ1v) is 6.23. The lowest BCUT2D eigenvalue weighted by molar-refractivity contribution is -0.141. The fourth-order valence-electron chi connectivity index (χ4n) is 2.37. The Morgan fingerprint density at radius 1 is 1.19 bits per heavy atom. The van der Waals surface area contributed by atoms with Gasteiger partial charge in [-0.05, 0) is 18.8 Å². The zero-order chi connectivity index (χ0) is 12.0. The third kappa shape index (κ3) is 4.33. The monoisotopic (exact) mass is 226 g/mol. The summed E-state index contributed by atoms with van der Waals surface area (Å²) in [5, 5.41) is 0. The second-order valence-corrected chi connectivity index (χ2v) is 4.89. The van der Waals surface area contributed by atoms with E-state index in [1.807, 2.05) is 6.92 Å². The summed E-state index contributed by atoms with van der Waals surface area (Å²) in [5.74, 6) is 0.496. The van der Waals surface area contributed by atoms with E-state index in [1.165, 1.54) is 26.4 Å². The zero-order valence-electron chi connectivity index (χ0n) is 10.3. The van der Waals surface area contributed by atoms with Crippen LogP contribution in [0.15, 0.2) is 0 Å². The molecule has 1 saturated carbocycles. The fourth-order valence-corrected chi connectivity index (χ4v) is 2.37. The Balaban J connectivity index is 2.29. The summed E-state index contributed by atoms with van der Waals surface area (Å²) in [7, 11) is 1.39. The van der Waals surface area contributed by atoms with Crippen LogP contribution in [-0.4, -0.2) is 18.9 Å². The number of methoxy groups -OCH3 is 1. The summed E-state index contributed by atoms with van der Waals surface area (Å²) in [6, 6.07) is 0. The third-order valence-corrected chi connectivity index (χ3v) is 3.35. The molecule has 3 nitrogen and oxygen atoms in total. The van der Waals surface area contributed by atoms with E-state index in [4.69, 9.17) is 0 Å². The van der Waals surface area contributed by atoms with Gasteiger partial charge in [0.25, 0.3) is 0 Å². The molecule has 0 spiro atoms. The zero-order valence-corrected chi connectivity index (χ0v) is 10.3. The number of esters is 1. The molecule has 92 valence electrons. The highest BCUT2D eigenvalue weighted by Crippen LogP contribution is 2.26. The van der Waals surface area contributed by atoms with E-state index in [1.54, 1.807) is 0 Å². The molecule has 1 fully saturated rings. The highest BCUT2D eigenvalue weighted by atomic mass is 16.5. The summed E-state index contributed by atoms with van der Waals surface area (Å²) in [6.45, 7) is 1.94. The normalized spacial score (nSPS) is 19.1. The highest BCUT2D eigenvalue weighted by molar-refractivity contribution is 5.82. The standard InChI is InChI=1S/C13H22O3/c1-10(9-13(15)16-2)8-12(14)11-6-4-3-5-7-11/h10-11H,3-9H2,1-2H3. The Morgan fingerprint density at radius 3 is 2.38 bits per heavy atom. The van der Waals surface area contributed by atoms with Gasteiger partial charge in [-0.2, -0.15) is 0 Å². The van der Waals surface area contributed by atoms with E-state index in [0.717, 1.165) is 12.8 Å². The van der Waals surface area contributed by atoms with E-state index in [0.29, 0.717) is 18.6 Å². The maximum absolute atomic E-state index is 11.9. The van der Waals surface area contributed by atoms with Crippen molar-refractivity contribution in [3.8, 4) is 0 Å². The molecule has 1 unspecified atom stereocenters. The number of Topliss-reactive ketones (excluding diaryl/α,β-unsaturated/α-hetero) is 1. The summed E-state index contributed by atoms with van der Waals surface area (Å²) in [4.78, 5) is 23.0. The number of rotatable bonds is 5. The molecule has 1 atom stereocenters. The SMILES string of the molecule is COC(=O)CC(C)CC(=O)C1CCCCC1. The van der Waals surface area contributed by atoms with Crippen LogP contribution < -0.4 is 0 Å². The van der Waals surface area contributed by atoms with Gasteiger partial charge in [-0.1, -0.05) is 26.2 Å². The van der Waals surface area contributed by atoms with Gasteiger partial charge in [0.2, 0.25) is 0 Å². The molecule has 1 aliphatic rings. The molecule has 0 bridgehead atoms. The van der Waals surface area contributed by atoms with Crippen LogP contribution in [0.1, 0.15) is 51.9 Å². The van der Waals surface area contributed by atoms with E-state index in [9.17, 15) is 9.59 Å². The molecule has 1 rings (SSSR count). The first-order valence-electron chi connectivity index (χ1n) is 6.23. The molecule has 0 N–H and O–H groups in total. The largest absolute Gasteiger partial charge is 0.469 e. The molecule has 0 aliphatic heterocycles. The minimum absolute atomic E-state index is 0.113. The van der Waals surface area contributed by atoms with Crippen molar-refractivity contribution in [2.24, 2.45) is 11.8 Å². The van der Waals surface area contributed by atoms with Crippen molar-refractivity contribution >= 4 is 11.8 Å². The number of carbonyl (C=O) groups is 2. The summed E-state index contributed by atoms with van der Waals surface area (Å²) in [6.07, 6.45) is 6.60. The molecule has 0 saturated heterocycles. The number of hydrogen-bond donors (Lipinski definition) is 0. The Morgan fingerprint density at radius 2 is 1.81 bits per heavy atom. The summed E-state index contributed by atoms with van der Waals surface area (Å²) < 4.78 is 4.60. The number of ketones is 1. The molecule has 0 amide bonds. The minimum Gasteiger partial charge on any atom is -0.469 e. The molecule has 0 radical (unpaired) electrons. The Labute approximate surface area is 97.5 Å². The van der Waals surface area contributed by atoms with Gasteiger partial charge in [-0.15, -0.1) is 0 Å².